The van der Waals surface area contributed by atoms with Gasteiger partial charge in [-0.2, -0.15) is 5.26 Å². The smallest absolute Gasteiger partial charge is 0.240 e. The second-order valence-electron chi connectivity index (χ2n) is 5.27. The molecule has 2 unspecified atom stereocenters. The van der Waals surface area contributed by atoms with Gasteiger partial charge in [0, 0.05) is 6.04 Å². The topological polar surface area (TPSA) is 82.0 Å². The summed E-state index contributed by atoms with van der Waals surface area (Å²) in [5.74, 6) is -0.495. The first-order valence-electron chi connectivity index (χ1n) is 6.87. The van der Waals surface area contributed by atoms with Gasteiger partial charge in [-0.15, -0.1) is 0 Å². The monoisotopic (exact) mass is 311 g/mol. The molecule has 1 fully saturated rings. The van der Waals surface area contributed by atoms with Gasteiger partial charge in [0.25, 0.3) is 0 Å². The van der Waals surface area contributed by atoms with Crippen molar-refractivity contribution in [3.05, 3.63) is 29.6 Å². The molecule has 1 aliphatic rings. The Morgan fingerprint density at radius 1 is 1.52 bits per heavy atom. The van der Waals surface area contributed by atoms with Crippen molar-refractivity contribution in [2.24, 2.45) is 5.92 Å². The maximum absolute atomic E-state index is 13.3. The quantitative estimate of drug-likeness (QED) is 0.880. The van der Waals surface area contributed by atoms with Gasteiger partial charge in [0.05, 0.1) is 10.5 Å². The third-order valence-electron chi connectivity index (χ3n) is 3.75. The molecule has 0 spiro atoms. The van der Waals surface area contributed by atoms with Gasteiger partial charge in [0.15, 0.2) is 0 Å². The molecule has 2 rings (SSSR count). The molecule has 1 aromatic carbocycles. The van der Waals surface area contributed by atoms with Gasteiger partial charge in [-0.25, -0.2) is 17.5 Å². The van der Waals surface area contributed by atoms with E-state index >= 15 is 0 Å². The minimum Gasteiger partial charge on any atom is -0.316 e. The largest absolute Gasteiger partial charge is 0.316 e. The van der Waals surface area contributed by atoms with Crippen molar-refractivity contribution >= 4 is 10.0 Å². The minimum absolute atomic E-state index is 0.0870. The van der Waals surface area contributed by atoms with Crippen molar-refractivity contribution < 1.29 is 12.8 Å². The van der Waals surface area contributed by atoms with Crippen LogP contribution in [0.4, 0.5) is 4.39 Å². The molecule has 114 valence electrons. The van der Waals surface area contributed by atoms with E-state index in [1.54, 1.807) is 6.07 Å². The summed E-state index contributed by atoms with van der Waals surface area (Å²) in [6.07, 6.45) is 1.98. The summed E-state index contributed by atoms with van der Waals surface area (Å²) in [5.41, 5.74) is -0.273. The predicted octanol–water partition coefficient (Wildman–Crippen LogP) is 1.36. The Kier molecular flexibility index (Phi) is 4.93. The first-order valence-corrected chi connectivity index (χ1v) is 8.35. The SMILES string of the molecule is CC(NS(=O)(=O)c1ccc(F)c(C#N)c1)C1CCCNC1. The number of nitriles is 1. The summed E-state index contributed by atoms with van der Waals surface area (Å²) >= 11 is 0. The number of halogens is 1. The van der Waals surface area contributed by atoms with Gasteiger partial charge in [-0.05, 0) is 57.0 Å². The van der Waals surface area contributed by atoms with Crippen LogP contribution >= 0.6 is 0 Å². The van der Waals surface area contributed by atoms with E-state index in [0.717, 1.165) is 38.1 Å². The van der Waals surface area contributed by atoms with Crippen molar-refractivity contribution in [3.8, 4) is 6.07 Å². The van der Waals surface area contributed by atoms with Crippen LogP contribution in [0.5, 0.6) is 0 Å². The molecule has 2 N–H and O–H groups in total. The van der Waals surface area contributed by atoms with Crippen LogP contribution in [0.1, 0.15) is 25.3 Å². The van der Waals surface area contributed by atoms with Crippen molar-refractivity contribution in [2.45, 2.75) is 30.7 Å². The fourth-order valence-electron chi connectivity index (χ4n) is 2.47. The average Bonchev–Trinajstić information content (AvgIpc) is 2.48. The van der Waals surface area contributed by atoms with Gasteiger partial charge < -0.3 is 5.32 Å². The summed E-state index contributed by atoms with van der Waals surface area (Å²) in [5, 5.41) is 12.0. The molecule has 0 radical (unpaired) electrons. The molecule has 0 aromatic heterocycles. The van der Waals surface area contributed by atoms with Gasteiger partial charge in [0.2, 0.25) is 10.0 Å². The zero-order valence-corrected chi connectivity index (χ0v) is 12.6. The van der Waals surface area contributed by atoms with Crippen molar-refractivity contribution in [1.29, 1.82) is 5.26 Å². The van der Waals surface area contributed by atoms with Gasteiger partial charge in [-0.3, -0.25) is 0 Å². The second kappa shape index (κ2) is 6.52. The van der Waals surface area contributed by atoms with Gasteiger partial charge in [0.1, 0.15) is 11.9 Å². The molecule has 5 nitrogen and oxygen atoms in total. The second-order valence-corrected chi connectivity index (χ2v) is 6.98. The Morgan fingerprint density at radius 2 is 2.29 bits per heavy atom. The summed E-state index contributed by atoms with van der Waals surface area (Å²) in [6, 6.07) is 4.65. The Hall–Kier alpha value is -1.49. The van der Waals surface area contributed by atoms with Crippen LogP contribution in [0.2, 0.25) is 0 Å². The first kappa shape index (κ1) is 15.9. The number of nitrogens with zero attached hydrogens (tertiary/aromatic N) is 1. The third-order valence-corrected chi connectivity index (χ3v) is 5.31. The summed E-state index contributed by atoms with van der Waals surface area (Å²) < 4.78 is 40.5. The van der Waals surface area contributed by atoms with Gasteiger partial charge in [-0.1, -0.05) is 0 Å². The Labute approximate surface area is 124 Å². The van der Waals surface area contributed by atoms with Crippen molar-refractivity contribution in [1.82, 2.24) is 10.0 Å². The van der Waals surface area contributed by atoms with E-state index in [-0.39, 0.29) is 22.4 Å². The lowest BCUT2D eigenvalue weighted by Gasteiger charge is -2.28. The molecule has 7 heteroatoms. The van der Waals surface area contributed by atoms with E-state index in [0.29, 0.717) is 0 Å². The fourth-order valence-corrected chi connectivity index (χ4v) is 3.81. The Balaban J connectivity index is 2.16. The van der Waals surface area contributed by atoms with Crippen LogP contribution < -0.4 is 10.0 Å². The van der Waals surface area contributed by atoms with E-state index in [4.69, 9.17) is 5.26 Å². The lowest BCUT2D eigenvalue weighted by Crippen LogP contribution is -2.44. The van der Waals surface area contributed by atoms with Crippen LogP contribution in [-0.2, 0) is 10.0 Å². The molecule has 0 aliphatic carbocycles. The van der Waals surface area contributed by atoms with Gasteiger partial charge >= 0.3 is 0 Å². The molecule has 1 saturated heterocycles. The Morgan fingerprint density at radius 3 is 2.90 bits per heavy atom. The highest BCUT2D eigenvalue weighted by Crippen LogP contribution is 2.18. The molecule has 1 aromatic rings. The number of piperidine rings is 1. The summed E-state index contributed by atoms with van der Waals surface area (Å²) in [6.45, 7) is 3.56. The zero-order valence-electron chi connectivity index (χ0n) is 11.8. The highest BCUT2D eigenvalue weighted by atomic mass is 32.2. The molecule has 21 heavy (non-hydrogen) atoms. The minimum atomic E-state index is -3.75. The number of nitrogens with one attached hydrogen (secondary N) is 2. The number of hydrogen-bond acceptors (Lipinski definition) is 4. The number of hydrogen-bond donors (Lipinski definition) is 2. The maximum atomic E-state index is 13.3. The molecular formula is C14H18FN3O2S. The third kappa shape index (κ3) is 3.79. The lowest BCUT2D eigenvalue weighted by molar-refractivity contribution is 0.320. The van der Waals surface area contributed by atoms with Crippen LogP contribution in [-0.4, -0.2) is 27.5 Å². The van der Waals surface area contributed by atoms with E-state index in [1.165, 1.54) is 6.07 Å². The number of benzene rings is 1. The van der Waals surface area contributed by atoms with Crippen molar-refractivity contribution in [3.63, 3.8) is 0 Å². The highest BCUT2D eigenvalue weighted by Gasteiger charge is 2.25. The first-order chi connectivity index (χ1) is 9.94. The lowest BCUT2D eigenvalue weighted by atomic mass is 9.94. The number of sulfonamides is 1. The highest BCUT2D eigenvalue weighted by molar-refractivity contribution is 7.89. The standard InChI is InChI=1S/C14H18FN3O2S/c1-10(11-3-2-6-17-9-11)18-21(19,20)13-4-5-14(15)12(7-13)8-16/h4-5,7,10-11,17-18H,2-3,6,9H2,1H3. The van der Waals surface area contributed by atoms with E-state index < -0.39 is 15.8 Å². The molecule has 2 atom stereocenters. The summed E-state index contributed by atoms with van der Waals surface area (Å²) in [7, 11) is -3.75. The zero-order chi connectivity index (χ0) is 15.5. The van der Waals surface area contributed by atoms with Crippen LogP contribution in [0, 0.1) is 23.1 Å². The maximum Gasteiger partial charge on any atom is 0.240 e. The molecule has 1 heterocycles. The molecule has 0 amide bonds. The molecule has 0 saturated carbocycles. The molecule has 0 bridgehead atoms. The fraction of sp³-hybridized carbons (Fsp3) is 0.500. The number of rotatable bonds is 4. The predicted molar refractivity (Wildman–Crippen MR) is 76.5 cm³/mol. The van der Waals surface area contributed by atoms with Crippen LogP contribution in [0.15, 0.2) is 23.1 Å². The summed E-state index contributed by atoms with van der Waals surface area (Å²) in [4.78, 5) is -0.0870. The normalized spacial score (nSPS) is 20.7. The van der Waals surface area contributed by atoms with E-state index in [9.17, 15) is 12.8 Å². The van der Waals surface area contributed by atoms with E-state index in [2.05, 4.69) is 10.0 Å². The molecule has 1 aliphatic heterocycles. The average molecular weight is 311 g/mol. The molecular weight excluding hydrogens is 293 g/mol. The van der Waals surface area contributed by atoms with Crippen LogP contribution in [0.25, 0.3) is 0 Å². The van der Waals surface area contributed by atoms with E-state index in [1.807, 2.05) is 6.92 Å². The van der Waals surface area contributed by atoms with Crippen molar-refractivity contribution in [2.75, 3.05) is 13.1 Å². The Bertz CT molecular complexity index is 649. The van der Waals surface area contributed by atoms with Crippen LogP contribution in [0.3, 0.4) is 0 Å².